The summed E-state index contributed by atoms with van der Waals surface area (Å²) in [6.07, 6.45) is 3.86. The third-order valence-electron chi connectivity index (χ3n) is 5.07. The molecule has 1 unspecified atom stereocenters. The second kappa shape index (κ2) is 10.1. The zero-order chi connectivity index (χ0) is 19.8. The highest BCUT2D eigenvalue weighted by Crippen LogP contribution is 2.21. The van der Waals surface area contributed by atoms with Gasteiger partial charge in [-0.05, 0) is 74.7 Å². The highest BCUT2D eigenvalue weighted by molar-refractivity contribution is 5.91. The molecule has 0 bridgehead atoms. The van der Waals surface area contributed by atoms with Gasteiger partial charge in [-0.1, -0.05) is 0 Å². The Morgan fingerprint density at radius 1 is 1.04 bits per heavy atom. The molecule has 150 valence electrons. The molecule has 1 fully saturated rings. The quantitative estimate of drug-likeness (QED) is 0.738. The first-order valence-electron chi connectivity index (χ1n) is 10.3. The smallest absolute Gasteiger partial charge is 0.279 e. The normalized spacial score (nSPS) is 15.1. The first-order valence-corrected chi connectivity index (χ1v) is 10.3. The van der Waals surface area contributed by atoms with E-state index in [1.54, 1.807) is 0 Å². The van der Waals surface area contributed by atoms with Crippen molar-refractivity contribution in [1.82, 2.24) is 0 Å². The van der Waals surface area contributed by atoms with E-state index in [0.717, 1.165) is 36.0 Å². The number of hydrogen-bond donors (Lipinski definition) is 2. The summed E-state index contributed by atoms with van der Waals surface area (Å²) in [4.78, 5) is 15.9. The Balaban J connectivity index is 1.46. The first-order chi connectivity index (χ1) is 13.6. The van der Waals surface area contributed by atoms with Crippen LogP contribution in [0.3, 0.4) is 0 Å². The molecule has 28 heavy (non-hydrogen) atoms. The molecule has 1 atom stereocenters. The molecule has 0 radical (unpaired) electrons. The van der Waals surface area contributed by atoms with Crippen molar-refractivity contribution in [2.45, 2.75) is 32.7 Å². The second-order valence-electron chi connectivity index (χ2n) is 7.53. The van der Waals surface area contributed by atoms with Crippen molar-refractivity contribution in [1.29, 1.82) is 0 Å². The Hall–Kier alpha value is -2.53. The van der Waals surface area contributed by atoms with Crippen LogP contribution < -0.4 is 19.9 Å². The van der Waals surface area contributed by atoms with Gasteiger partial charge in [0.15, 0.2) is 6.54 Å². The van der Waals surface area contributed by atoms with Gasteiger partial charge in [0.2, 0.25) is 0 Å². The molecule has 3 rings (SSSR count). The number of amides is 1. The van der Waals surface area contributed by atoms with Gasteiger partial charge in [-0.2, -0.15) is 0 Å². The summed E-state index contributed by atoms with van der Waals surface area (Å²) in [6.45, 7) is 6.14. The average molecular weight is 383 g/mol. The van der Waals surface area contributed by atoms with Crippen LogP contribution in [0, 0.1) is 0 Å². The van der Waals surface area contributed by atoms with Gasteiger partial charge < -0.3 is 19.9 Å². The molecule has 1 aliphatic rings. The fourth-order valence-corrected chi connectivity index (χ4v) is 3.67. The number of carbonyl (C=O) groups is 1. The molecule has 0 aromatic heterocycles. The van der Waals surface area contributed by atoms with E-state index in [2.05, 4.69) is 34.5 Å². The maximum atomic E-state index is 12.4. The highest BCUT2D eigenvalue weighted by atomic mass is 16.5. The highest BCUT2D eigenvalue weighted by Gasteiger charge is 2.13. The Bertz CT molecular complexity index is 737. The summed E-state index contributed by atoms with van der Waals surface area (Å²) in [6, 6.07) is 16.3. The largest absolute Gasteiger partial charge is 0.494 e. The summed E-state index contributed by atoms with van der Waals surface area (Å²) in [5.41, 5.74) is 3.30. The number of nitrogens with zero attached hydrogens (tertiary/aromatic N) is 1. The van der Waals surface area contributed by atoms with Gasteiger partial charge in [-0.15, -0.1) is 0 Å². The Morgan fingerprint density at radius 3 is 2.36 bits per heavy atom. The molecule has 5 heteroatoms. The third-order valence-corrected chi connectivity index (χ3v) is 5.07. The average Bonchev–Trinajstić information content (AvgIpc) is 2.71. The number of rotatable bonds is 8. The summed E-state index contributed by atoms with van der Waals surface area (Å²) in [5, 5.41) is 3.02. The number of carbonyl (C=O) groups excluding carboxylic acids is 1. The molecule has 5 nitrogen and oxygen atoms in total. The van der Waals surface area contributed by atoms with Crippen LogP contribution in [0.4, 0.5) is 11.4 Å². The zero-order valence-electron chi connectivity index (χ0n) is 17.0. The molecule has 1 heterocycles. The molecule has 0 spiro atoms. The molecule has 1 amide bonds. The molecular formula is C23H32N3O2+. The van der Waals surface area contributed by atoms with E-state index in [1.807, 2.05) is 38.2 Å². The van der Waals surface area contributed by atoms with Crippen molar-refractivity contribution in [3.8, 4) is 5.75 Å². The van der Waals surface area contributed by atoms with Crippen molar-refractivity contribution in [2.75, 3.05) is 43.5 Å². The zero-order valence-corrected chi connectivity index (χ0v) is 17.0. The van der Waals surface area contributed by atoms with Gasteiger partial charge in [-0.25, -0.2) is 0 Å². The van der Waals surface area contributed by atoms with E-state index in [4.69, 9.17) is 4.74 Å². The number of nitrogens with one attached hydrogen (secondary N) is 2. The van der Waals surface area contributed by atoms with Crippen molar-refractivity contribution >= 4 is 17.3 Å². The summed E-state index contributed by atoms with van der Waals surface area (Å²) < 4.78 is 5.47. The molecule has 0 saturated carbocycles. The number of anilines is 2. The topological polar surface area (TPSA) is 46.0 Å². The van der Waals surface area contributed by atoms with Crippen LogP contribution in [-0.4, -0.2) is 39.2 Å². The number of hydrogen-bond acceptors (Lipinski definition) is 3. The van der Waals surface area contributed by atoms with Crippen LogP contribution >= 0.6 is 0 Å². The standard InChI is InChI=1S/C23H31N3O2/c1-3-28-22-13-7-19(8-14-22)17-25(2)18-23(27)24-20-9-11-21(12-10-20)26-15-5-4-6-16-26/h7-14H,3-6,15-18H2,1-2H3,(H,24,27)/p+1. The third kappa shape index (κ3) is 5.99. The van der Waals surface area contributed by atoms with Crippen LogP contribution in [0.15, 0.2) is 48.5 Å². The number of quaternary nitrogens is 1. The predicted octanol–water partition coefficient (Wildman–Crippen LogP) is 2.73. The molecule has 2 aromatic rings. The van der Waals surface area contributed by atoms with Crippen LogP contribution in [-0.2, 0) is 11.3 Å². The van der Waals surface area contributed by atoms with Gasteiger partial charge in [0.1, 0.15) is 12.3 Å². The maximum Gasteiger partial charge on any atom is 0.279 e. The minimum absolute atomic E-state index is 0.0363. The molecule has 1 saturated heterocycles. The Morgan fingerprint density at radius 2 is 1.71 bits per heavy atom. The number of ether oxygens (including phenoxy) is 1. The van der Waals surface area contributed by atoms with Crippen molar-refractivity contribution in [3.63, 3.8) is 0 Å². The Kier molecular flexibility index (Phi) is 7.31. The summed E-state index contributed by atoms with van der Waals surface area (Å²) in [5.74, 6) is 0.920. The number of benzene rings is 2. The lowest BCUT2D eigenvalue weighted by molar-refractivity contribution is -0.885. The van der Waals surface area contributed by atoms with E-state index < -0.39 is 0 Å². The first kappa shape index (κ1) is 20.2. The predicted molar refractivity (Wildman–Crippen MR) is 114 cm³/mol. The van der Waals surface area contributed by atoms with Crippen LogP contribution in [0.25, 0.3) is 0 Å². The van der Waals surface area contributed by atoms with E-state index in [0.29, 0.717) is 13.2 Å². The van der Waals surface area contributed by atoms with Gasteiger partial charge in [0.25, 0.3) is 5.91 Å². The number of likely N-dealkylation sites (N-methyl/N-ethyl adjacent to an activating group) is 1. The van der Waals surface area contributed by atoms with E-state index in [9.17, 15) is 4.79 Å². The number of piperidine rings is 1. The van der Waals surface area contributed by atoms with Gasteiger partial charge in [0.05, 0.1) is 13.7 Å². The maximum absolute atomic E-state index is 12.4. The molecule has 2 N–H and O–H groups in total. The SMILES string of the molecule is CCOc1ccc(C[NH+](C)CC(=O)Nc2ccc(N3CCCCC3)cc2)cc1. The molecule has 2 aromatic carbocycles. The van der Waals surface area contributed by atoms with Crippen molar-refractivity contribution in [2.24, 2.45) is 0 Å². The fourth-order valence-electron chi connectivity index (χ4n) is 3.67. The lowest BCUT2D eigenvalue weighted by atomic mass is 10.1. The fraction of sp³-hybridized carbons (Fsp3) is 0.435. The minimum Gasteiger partial charge on any atom is -0.494 e. The molecule has 0 aliphatic carbocycles. The van der Waals surface area contributed by atoms with Gasteiger partial charge >= 0.3 is 0 Å². The lowest BCUT2D eigenvalue weighted by Gasteiger charge is -2.28. The summed E-state index contributed by atoms with van der Waals surface area (Å²) in [7, 11) is 2.04. The van der Waals surface area contributed by atoms with Crippen LogP contribution in [0.1, 0.15) is 31.7 Å². The molecular weight excluding hydrogens is 350 g/mol. The van der Waals surface area contributed by atoms with Crippen molar-refractivity contribution < 1.29 is 14.4 Å². The minimum atomic E-state index is 0.0363. The Labute approximate surface area is 168 Å². The monoisotopic (exact) mass is 382 g/mol. The van der Waals surface area contributed by atoms with E-state index in [1.165, 1.54) is 30.5 Å². The lowest BCUT2D eigenvalue weighted by Crippen LogP contribution is -3.08. The molecule has 1 aliphatic heterocycles. The van der Waals surface area contributed by atoms with Gasteiger partial charge in [0, 0.05) is 30.0 Å². The van der Waals surface area contributed by atoms with E-state index in [-0.39, 0.29) is 5.91 Å². The second-order valence-corrected chi connectivity index (χ2v) is 7.53. The van der Waals surface area contributed by atoms with Crippen molar-refractivity contribution in [3.05, 3.63) is 54.1 Å². The van der Waals surface area contributed by atoms with Crippen LogP contribution in [0.2, 0.25) is 0 Å². The van der Waals surface area contributed by atoms with Gasteiger partial charge in [-0.3, -0.25) is 4.79 Å². The van der Waals surface area contributed by atoms with Crippen LogP contribution in [0.5, 0.6) is 5.75 Å². The summed E-state index contributed by atoms with van der Waals surface area (Å²) >= 11 is 0. The van der Waals surface area contributed by atoms with E-state index >= 15 is 0 Å².